The Morgan fingerprint density at radius 3 is 1.85 bits per heavy atom. The van der Waals surface area contributed by atoms with E-state index in [9.17, 15) is 0 Å². The fourth-order valence-corrected chi connectivity index (χ4v) is 5.33. The van der Waals surface area contributed by atoms with Gasteiger partial charge in [0.2, 0.25) is 0 Å². The molecule has 0 heterocycles. The summed E-state index contributed by atoms with van der Waals surface area (Å²) in [4.78, 5) is 0. The van der Waals surface area contributed by atoms with Crippen LogP contribution < -0.4 is 4.74 Å². The summed E-state index contributed by atoms with van der Waals surface area (Å²) in [5.74, 6) is 0.864. The number of hydrogen-bond donors (Lipinski definition) is 0. The minimum atomic E-state index is -1.83. The van der Waals surface area contributed by atoms with Crippen molar-refractivity contribution in [2.75, 3.05) is 26.9 Å². The molecule has 0 saturated carbocycles. The lowest BCUT2D eigenvalue weighted by Crippen LogP contribution is -2.43. The molecule has 0 aliphatic rings. The summed E-state index contributed by atoms with van der Waals surface area (Å²) in [7, 11) is -0.141. The van der Waals surface area contributed by atoms with Crippen LogP contribution in [-0.4, -0.2) is 41.4 Å². The predicted molar refractivity (Wildman–Crippen MR) is 175 cm³/mol. The third-order valence-electron chi connectivity index (χ3n) is 8.18. The molecule has 0 amide bonds. The van der Waals surface area contributed by atoms with Gasteiger partial charge in [-0.05, 0) is 67.9 Å². The Bertz CT molecular complexity index is 739. The normalized spacial score (nSPS) is 13.3. The Balaban J connectivity index is 2.21. The summed E-state index contributed by atoms with van der Waals surface area (Å²) in [6.07, 6.45) is 23.2. The number of rotatable bonds is 25. The van der Waals surface area contributed by atoms with E-state index in [1.807, 2.05) is 24.3 Å². The molecule has 0 saturated heterocycles. The first-order valence-electron chi connectivity index (χ1n) is 16.3. The maximum Gasteiger partial charge on any atom is 0.192 e. The van der Waals surface area contributed by atoms with E-state index in [0.717, 1.165) is 24.3 Å². The third-order valence-corrected chi connectivity index (χ3v) is 12.7. The van der Waals surface area contributed by atoms with Gasteiger partial charge in [-0.15, -0.1) is 0 Å². The molecule has 4 nitrogen and oxygen atoms in total. The number of unbranched alkanes of at least 4 members (excludes halogenated alkanes) is 12. The highest BCUT2D eigenvalue weighted by atomic mass is 28.4. The first-order chi connectivity index (χ1) is 19.2. The number of hydrogen-bond acceptors (Lipinski definition) is 4. The standard InChI is InChI=1S/C35H64O4Si/c1-8-9-10-11-12-13-14-15-16-17-18-19-20-21-22-23-28-38-34(31-39-40(6,7)35(2,3)4)30-37-29-32-24-26-33(36-5)27-25-32/h15-16,24-27,34H,8-14,17-23,28-31H2,1-7H3/b16-15-/t34-/m0/s1. The van der Waals surface area contributed by atoms with Crippen molar-refractivity contribution in [3.05, 3.63) is 42.0 Å². The summed E-state index contributed by atoms with van der Waals surface area (Å²) in [6.45, 7) is 16.2. The number of ether oxygens (including phenoxy) is 3. The zero-order valence-corrected chi connectivity index (χ0v) is 28.4. The zero-order valence-electron chi connectivity index (χ0n) is 27.4. The van der Waals surface area contributed by atoms with E-state index >= 15 is 0 Å². The molecule has 0 aliphatic heterocycles. The third kappa shape index (κ3) is 18.3. The van der Waals surface area contributed by atoms with Crippen LogP contribution in [0, 0.1) is 0 Å². The Kier molecular flexibility index (Phi) is 20.7. The average molecular weight is 577 g/mol. The van der Waals surface area contributed by atoms with Crippen LogP contribution in [0.3, 0.4) is 0 Å². The van der Waals surface area contributed by atoms with Gasteiger partial charge in [0.15, 0.2) is 8.32 Å². The highest BCUT2D eigenvalue weighted by Crippen LogP contribution is 2.36. The topological polar surface area (TPSA) is 36.9 Å². The maximum atomic E-state index is 6.48. The molecular weight excluding hydrogens is 512 g/mol. The van der Waals surface area contributed by atoms with Crippen molar-refractivity contribution >= 4 is 8.32 Å². The number of allylic oxidation sites excluding steroid dienone is 2. The largest absolute Gasteiger partial charge is 0.497 e. The molecule has 0 aromatic heterocycles. The second-order valence-corrected chi connectivity index (χ2v) is 17.7. The number of methoxy groups -OCH3 is 1. The SMILES string of the molecule is CCCCCCCC/C=C\CCCCCCCCO[C@@H](COCc1ccc(OC)cc1)CO[Si](C)(C)C(C)(C)C. The van der Waals surface area contributed by atoms with Crippen LogP contribution >= 0.6 is 0 Å². The van der Waals surface area contributed by atoms with Crippen molar-refractivity contribution in [3.8, 4) is 5.75 Å². The van der Waals surface area contributed by atoms with Crippen LogP contribution in [0.5, 0.6) is 5.75 Å². The van der Waals surface area contributed by atoms with E-state index in [1.54, 1.807) is 7.11 Å². The predicted octanol–water partition coefficient (Wildman–Crippen LogP) is 10.7. The molecule has 1 atom stereocenters. The molecule has 1 aromatic carbocycles. The summed E-state index contributed by atoms with van der Waals surface area (Å²) >= 11 is 0. The van der Waals surface area contributed by atoms with Crippen LogP contribution in [0.4, 0.5) is 0 Å². The van der Waals surface area contributed by atoms with Crippen molar-refractivity contribution in [2.24, 2.45) is 0 Å². The maximum absolute atomic E-state index is 6.48. The molecule has 0 unspecified atom stereocenters. The van der Waals surface area contributed by atoms with E-state index in [-0.39, 0.29) is 11.1 Å². The van der Waals surface area contributed by atoms with Gasteiger partial charge in [0.1, 0.15) is 11.9 Å². The van der Waals surface area contributed by atoms with Gasteiger partial charge in [-0.25, -0.2) is 0 Å². The molecule has 40 heavy (non-hydrogen) atoms. The summed E-state index contributed by atoms with van der Waals surface area (Å²) < 4.78 is 24.1. The smallest absolute Gasteiger partial charge is 0.192 e. The van der Waals surface area contributed by atoms with Crippen LogP contribution in [0.1, 0.15) is 123 Å². The van der Waals surface area contributed by atoms with Crippen LogP contribution in [0.15, 0.2) is 36.4 Å². The highest BCUT2D eigenvalue weighted by Gasteiger charge is 2.37. The van der Waals surface area contributed by atoms with Gasteiger partial charge < -0.3 is 18.6 Å². The zero-order chi connectivity index (χ0) is 29.5. The fourth-order valence-electron chi connectivity index (χ4n) is 4.29. The van der Waals surface area contributed by atoms with Crippen molar-refractivity contribution in [3.63, 3.8) is 0 Å². The van der Waals surface area contributed by atoms with E-state index in [4.69, 9.17) is 18.6 Å². The lowest BCUT2D eigenvalue weighted by atomic mass is 10.1. The summed E-state index contributed by atoms with van der Waals surface area (Å²) in [6, 6.07) is 8.05. The summed E-state index contributed by atoms with van der Waals surface area (Å²) in [5, 5.41) is 0.186. The second-order valence-electron chi connectivity index (χ2n) is 12.9. The van der Waals surface area contributed by atoms with Gasteiger partial charge in [0.05, 0.1) is 26.9 Å². The fraction of sp³-hybridized carbons (Fsp3) is 0.771. The quantitative estimate of drug-likeness (QED) is 0.0659. The monoisotopic (exact) mass is 576 g/mol. The molecule has 0 fully saturated rings. The minimum Gasteiger partial charge on any atom is -0.497 e. The Hall–Kier alpha value is -1.14. The Morgan fingerprint density at radius 1 is 0.750 bits per heavy atom. The first kappa shape index (κ1) is 36.9. The molecule has 232 valence electrons. The molecule has 1 rings (SSSR count). The molecule has 5 heteroatoms. The van der Waals surface area contributed by atoms with Gasteiger partial charge in [0.25, 0.3) is 0 Å². The van der Waals surface area contributed by atoms with E-state index in [0.29, 0.717) is 19.8 Å². The summed E-state index contributed by atoms with van der Waals surface area (Å²) in [5.41, 5.74) is 1.14. The molecule has 0 aliphatic carbocycles. The van der Waals surface area contributed by atoms with E-state index in [1.165, 1.54) is 83.5 Å². The highest BCUT2D eigenvalue weighted by molar-refractivity contribution is 6.74. The van der Waals surface area contributed by atoms with Gasteiger partial charge in [-0.3, -0.25) is 0 Å². The molecule has 0 N–H and O–H groups in total. The van der Waals surface area contributed by atoms with Crippen LogP contribution in [-0.2, 0) is 20.5 Å². The van der Waals surface area contributed by atoms with Crippen molar-refractivity contribution in [1.29, 1.82) is 0 Å². The van der Waals surface area contributed by atoms with Crippen molar-refractivity contribution < 1.29 is 18.6 Å². The molecular formula is C35H64O4Si. The van der Waals surface area contributed by atoms with Crippen molar-refractivity contribution in [1.82, 2.24) is 0 Å². The van der Waals surface area contributed by atoms with Crippen LogP contribution in [0.2, 0.25) is 18.1 Å². The van der Waals surface area contributed by atoms with Gasteiger partial charge in [0, 0.05) is 6.61 Å². The van der Waals surface area contributed by atoms with Gasteiger partial charge in [-0.2, -0.15) is 0 Å². The lowest BCUT2D eigenvalue weighted by molar-refractivity contribution is -0.0447. The van der Waals surface area contributed by atoms with Crippen LogP contribution in [0.25, 0.3) is 0 Å². The molecule has 0 radical (unpaired) electrons. The molecule has 0 bridgehead atoms. The molecule has 0 spiro atoms. The average Bonchev–Trinajstić information content (AvgIpc) is 2.92. The minimum absolute atomic E-state index is 0.0319. The Labute approximate surface area is 249 Å². The Morgan fingerprint density at radius 2 is 1.30 bits per heavy atom. The number of benzene rings is 1. The second kappa shape index (κ2) is 22.5. The first-order valence-corrected chi connectivity index (χ1v) is 19.2. The van der Waals surface area contributed by atoms with E-state index in [2.05, 4.69) is 52.9 Å². The van der Waals surface area contributed by atoms with Gasteiger partial charge >= 0.3 is 0 Å². The van der Waals surface area contributed by atoms with Gasteiger partial charge in [-0.1, -0.05) is 110 Å². The van der Waals surface area contributed by atoms with E-state index < -0.39 is 8.32 Å². The lowest BCUT2D eigenvalue weighted by Gasteiger charge is -2.37. The van der Waals surface area contributed by atoms with Crippen molar-refractivity contribution in [2.45, 2.75) is 148 Å². The molecule has 1 aromatic rings.